The predicted octanol–water partition coefficient (Wildman–Crippen LogP) is 1.51. The van der Waals surface area contributed by atoms with E-state index in [1.165, 1.54) is 0 Å². The third-order valence-electron chi connectivity index (χ3n) is 0.527. The SMILES string of the molecule is C/C=C\COCF. The highest BCUT2D eigenvalue weighted by molar-refractivity contribution is 4.75. The molecule has 0 heterocycles. The van der Waals surface area contributed by atoms with Crippen LogP contribution in [0.2, 0.25) is 0 Å². The van der Waals surface area contributed by atoms with Gasteiger partial charge >= 0.3 is 0 Å². The normalized spacial score (nSPS) is 10.6. The summed E-state index contributed by atoms with van der Waals surface area (Å²) in [5.41, 5.74) is 0. The highest BCUT2D eigenvalue weighted by atomic mass is 19.1. The van der Waals surface area contributed by atoms with Gasteiger partial charge in [-0.05, 0) is 6.92 Å². The van der Waals surface area contributed by atoms with Gasteiger partial charge in [-0.15, -0.1) is 0 Å². The van der Waals surface area contributed by atoms with Gasteiger partial charge in [0.25, 0.3) is 0 Å². The molecule has 0 amide bonds. The Kier molecular flexibility index (Phi) is 5.33. The van der Waals surface area contributed by atoms with Gasteiger partial charge in [0.15, 0.2) is 6.86 Å². The second-order valence-corrected chi connectivity index (χ2v) is 1.05. The Morgan fingerprint density at radius 2 is 2.43 bits per heavy atom. The standard InChI is InChI=1S/C5H9FO/c1-2-3-4-7-5-6/h2-3H,4-5H2,1H3/b3-2-. The largest absolute Gasteiger partial charge is 0.346 e. The molecule has 0 N–H and O–H groups in total. The Hall–Kier alpha value is -0.370. The third-order valence-corrected chi connectivity index (χ3v) is 0.527. The molecule has 0 aromatic heterocycles. The molecule has 0 spiro atoms. The molecule has 0 aliphatic carbocycles. The highest BCUT2D eigenvalue weighted by Crippen LogP contribution is 1.75. The molecule has 0 unspecified atom stereocenters. The summed E-state index contributed by atoms with van der Waals surface area (Å²) in [4.78, 5) is 0. The van der Waals surface area contributed by atoms with Gasteiger partial charge in [0.2, 0.25) is 0 Å². The topological polar surface area (TPSA) is 9.23 Å². The molecule has 0 saturated heterocycles. The highest BCUT2D eigenvalue weighted by Gasteiger charge is 1.72. The molecule has 0 fully saturated rings. The van der Waals surface area contributed by atoms with Crippen molar-refractivity contribution in [2.24, 2.45) is 0 Å². The maximum atomic E-state index is 11.1. The molecule has 0 radical (unpaired) electrons. The first-order valence-corrected chi connectivity index (χ1v) is 2.16. The lowest BCUT2D eigenvalue weighted by molar-refractivity contribution is 0.0777. The van der Waals surface area contributed by atoms with Gasteiger partial charge in [0.05, 0.1) is 6.61 Å². The molecule has 0 atom stereocenters. The van der Waals surface area contributed by atoms with Crippen molar-refractivity contribution in [1.29, 1.82) is 0 Å². The average Bonchev–Trinajstić information content (AvgIpc) is 1.69. The molecular formula is C5H9FO. The molecule has 0 aliphatic rings. The lowest BCUT2D eigenvalue weighted by Crippen LogP contribution is -1.85. The number of rotatable bonds is 3. The summed E-state index contributed by atoms with van der Waals surface area (Å²) < 4.78 is 15.4. The van der Waals surface area contributed by atoms with Crippen LogP contribution in [0.3, 0.4) is 0 Å². The number of hydrogen-bond donors (Lipinski definition) is 0. The summed E-state index contributed by atoms with van der Waals surface area (Å²) in [5, 5.41) is 0. The zero-order valence-electron chi connectivity index (χ0n) is 4.36. The van der Waals surface area contributed by atoms with E-state index in [0.717, 1.165) is 0 Å². The Morgan fingerprint density at radius 1 is 1.71 bits per heavy atom. The van der Waals surface area contributed by atoms with E-state index >= 15 is 0 Å². The summed E-state index contributed by atoms with van der Waals surface area (Å²) >= 11 is 0. The van der Waals surface area contributed by atoms with Crippen LogP contribution in [0.5, 0.6) is 0 Å². The first-order valence-electron chi connectivity index (χ1n) is 2.16. The summed E-state index contributed by atoms with van der Waals surface area (Å²) in [6.07, 6.45) is 3.56. The van der Waals surface area contributed by atoms with E-state index in [1.807, 2.05) is 13.0 Å². The maximum absolute atomic E-state index is 11.1. The molecule has 1 nitrogen and oxygen atoms in total. The van der Waals surface area contributed by atoms with Gasteiger partial charge < -0.3 is 4.74 Å². The molecule has 7 heavy (non-hydrogen) atoms. The van der Waals surface area contributed by atoms with Crippen LogP contribution in [-0.2, 0) is 4.74 Å². The van der Waals surface area contributed by atoms with Gasteiger partial charge in [0, 0.05) is 0 Å². The summed E-state index contributed by atoms with van der Waals surface area (Å²) in [5.74, 6) is 0. The zero-order valence-corrected chi connectivity index (χ0v) is 4.36. The fourth-order valence-electron chi connectivity index (χ4n) is 0.209. The van der Waals surface area contributed by atoms with E-state index in [1.54, 1.807) is 6.08 Å². The fourth-order valence-corrected chi connectivity index (χ4v) is 0.209. The minimum Gasteiger partial charge on any atom is -0.346 e. The fraction of sp³-hybridized carbons (Fsp3) is 0.600. The minimum absolute atomic E-state index is 0.382. The van der Waals surface area contributed by atoms with Crippen molar-refractivity contribution in [2.75, 3.05) is 13.5 Å². The van der Waals surface area contributed by atoms with Gasteiger partial charge in [0.1, 0.15) is 0 Å². The van der Waals surface area contributed by atoms with Crippen LogP contribution in [0.15, 0.2) is 12.2 Å². The van der Waals surface area contributed by atoms with Crippen molar-refractivity contribution in [2.45, 2.75) is 6.92 Å². The van der Waals surface area contributed by atoms with E-state index < -0.39 is 6.86 Å². The van der Waals surface area contributed by atoms with Crippen LogP contribution in [0.4, 0.5) is 4.39 Å². The van der Waals surface area contributed by atoms with Crippen molar-refractivity contribution >= 4 is 0 Å². The number of hydrogen-bond acceptors (Lipinski definition) is 1. The molecule has 0 aliphatic heterocycles. The van der Waals surface area contributed by atoms with E-state index in [-0.39, 0.29) is 0 Å². The lowest BCUT2D eigenvalue weighted by atomic mass is 10.6. The molecule has 0 rings (SSSR count). The molecule has 0 aromatic carbocycles. The van der Waals surface area contributed by atoms with Crippen LogP contribution < -0.4 is 0 Å². The first kappa shape index (κ1) is 6.63. The smallest absolute Gasteiger partial charge is 0.188 e. The van der Waals surface area contributed by atoms with Crippen LogP contribution in [0.25, 0.3) is 0 Å². The molecule has 2 heteroatoms. The Balaban J connectivity index is 2.69. The van der Waals surface area contributed by atoms with Crippen molar-refractivity contribution in [1.82, 2.24) is 0 Å². The van der Waals surface area contributed by atoms with Gasteiger partial charge in [-0.3, -0.25) is 0 Å². The summed E-state index contributed by atoms with van der Waals surface area (Å²) in [6, 6.07) is 0. The second-order valence-electron chi connectivity index (χ2n) is 1.05. The van der Waals surface area contributed by atoms with E-state index in [4.69, 9.17) is 0 Å². The quantitative estimate of drug-likeness (QED) is 0.389. The van der Waals surface area contributed by atoms with E-state index in [2.05, 4.69) is 4.74 Å². The molecular weight excluding hydrogens is 95.1 g/mol. The van der Waals surface area contributed by atoms with Crippen LogP contribution in [-0.4, -0.2) is 13.5 Å². The van der Waals surface area contributed by atoms with Gasteiger partial charge in [-0.1, -0.05) is 12.2 Å². The van der Waals surface area contributed by atoms with Crippen molar-refractivity contribution < 1.29 is 9.13 Å². The van der Waals surface area contributed by atoms with Crippen molar-refractivity contribution in [3.05, 3.63) is 12.2 Å². The number of halogens is 1. The van der Waals surface area contributed by atoms with Crippen LogP contribution in [0, 0.1) is 0 Å². The monoisotopic (exact) mass is 104 g/mol. The third kappa shape index (κ3) is 5.63. The molecule has 42 valence electrons. The predicted molar refractivity (Wildman–Crippen MR) is 26.7 cm³/mol. The Bertz CT molecular complexity index is 52.0. The Morgan fingerprint density at radius 3 is 2.86 bits per heavy atom. The van der Waals surface area contributed by atoms with Gasteiger partial charge in [-0.2, -0.15) is 0 Å². The van der Waals surface area contributed by atoms with Crippen LogP contribution in [0.1, 0.15) is 6.92 Å². The lowest BCUT2D eigenvalue weighted by Gasteiger charge is -1.86. The maximum Gasteiger partial charge on any atom is 0.188 e. The first-order chi connectivity index (χ1) is 3.41. The van der Waals surface area contributed by atoms with Crippen molar-refractivity contribution in [3.8, 4) is 0 Å². The van der Waals surface area contributed by atoms with E-state index in [9.17, 15) is 4.39 Å². The van der Waals surface area contributed by atoms with Gasteiger partial charge in [-0.25, -0.2) is 4.39 Å². The van der Waals surface area contributed by atoms with E-state index in [0.29, 0.717) is 6.61 Å². The minimum atomic E-state index is -0.690. The summed E-state index contributed by atoms with van der Waals surface area (Å²) in [7, 11) is 0. The number of ether oxygens (including phenoxy) is 1. The number of allylic oxidation sites excluding steroid dienone is 1. The summed E-state index contributed by atoms with van der Waals surface area (Å²) in [6.45, 7) is 1.55. The molecule has 0 aromatic rings. The average molecular weight is 104 g/mol. The zero-order chi connectivity index (χ0) is 5.54. The molecule has 0 bridgehead atoms. The Labute approximate surface area is 42.8 Å². The second kappa shape index (κ2) is 5.63. The van der Waals surface area contributed by atoms with Crippen molar-refractivity contribution in [3.63, 3.8) is 0 Å². The number of alkyl halides is 1. The van der Waals surface area contributed by atoms with Crippen LogP contribution >= 0.6 is 0 Å². The molecule has 0 saturated carbocycles.